The second kappa shape index (κ2) is 4.69. The van der Waals surface area contributed by atoms with Crippen molar-refractivity contribution in [1.82, 2.24) is 0 Å². The molecule has 4 heteroatoms. The second-order valence-corrected chi connectivity index (χ2v) is 5.01. The van der Waals surface area contributed by atoms with Crippen molar-refractivity contribution in [3.8, 4) is 0 Å². The first-order valence-electron chi connectivity index (χ1n) is 6.07. The number of Topliss-reactive ketones (excluding diaryl/α,β-unsaturated/α-hetero) is 3. The number of rotatable bonds is 2. The van der Waals surface area contributed by atoms with Crippen LogP contribution in [-0.2, 0) is 0 Å². The van der Waals surface area contributed by atoms with Crippen LogP contribution in [0.4, 0.5) is 0 Å². The molecule has 0 unspecified atom stereocenters. The first kappa shape index (κ1) is 12.8. The number of benzene rings is 2. The first-order valence-corrected chi connectivity index (χ1v) is 6.44. The quantitative estimate of drug-likeness (QED) is 0.628. The van der Waals surface area contributed by atoms with E-state index in [4.69, 9.17) is 11.6 Å². The summed E-state index contributed by atoms with van der Waals surface area (Å²) >= 11 is 5.76. The van der Waals surface area contributed by atoms with Crippen LogP contribution in [0.5, 0.6) is 0 Å². The molecule has 20 heavy (non-hydrogen) atoms. The predicted molar refractivity (Wildman–Crippen MR) is 74.4 cm³/mol. The van der Waals surface area contributed by atoms with E-state index in [0.717, 1.165) is 0 Å². The van der Waals surface area contributed by atoms with E-state index in [1.54, 1.807) is 36.4 Å². The van der Waals surface area contributed by atoms with Gasteiger partial charge in [-0.3, -0.25) is 14.4 Å². The molecule has 0 aromatic heterocycles. The minimum Gasteiger partial charge on any atom is -0.293 e. The molecule has 1 aliphatic carbocycles. The maximum atomic E-state index is 12.4. The number of halogens is 1. The molecule has 1 aliphatic rings. The van der Waals surface area contributed by atoms with E-state index in [1.807, 2.05) is 0 Å². The Labute approximate surface area is 120 Å². The van der Waals surface area contributed by atoms with Crippen LogP contribution in [0.25, 0.3) is 0 Å². The third-order valence-corrected chi connectivity index (χ3v) is 3.63. The zero-order chi connectivity index (χ0) is 14.3. The molecular formula is C16H9ClO3. The molecular weight excluding hydrogens is 276 g/mol. The Hall–Kier alpha value is -2.26. The molecule has 0 aliphatic heterocycles. The van der Waals surface area contributed by atoms with E-state index in [-0.39, 0.29) is 0 Å². The molecule has 0 bridgehead atoms. The molecule has 3 nitrogen and oxygen atoms in total. The van der Waals surface area contributed by atoms with Gasteiger partial charge in [-0.05, 0) is 24.3 Å². The Kier molecular flexibility index (Phi) is 2.99. The Morgan fingerprint density at radius 2 is 1.35 bits per heavy atom. The summed E-state index contributed by atoms with van der Waals surface area (Å²) in [6.45, 7) is 0. The van der Waals surface area contributed by atoms with Crippen molar-refractivity contribution < 1.29 is 14.4 Å². The summed E-state index contributed by atoms with van der Waals surface area (Å²) in [4.78, 5) is 36.8. The highest BCUT2D eigenvalue weighted by atomic mass is 35.5. The van der Waals surface area contributed by atoms with Crippen molar-refractivity contribution in [2.45, 2.75) is 0 Å². The van der Waals surface area contributed by atoms with Crippen molar-refractivity contribution in [1.29, 1.82) is 0 Å². The third-order valence-electron chi connectivity index (χ3n) is 3.37. The smallest absolute Gasteiger partial charge is 0.182 e. The number of hydrogen-bond acceptors (Lipinski definition) is 3. The van der Waals surface area contributed by atoms with Crippen LogP contribution in [-0.4, -0.2) is 17.3 Å². The molecule has 0 radical (unpaired) electrons. The minimum absolute atomic E-state index is 0.314. The summed E-state index contributed by atoms with van der Waals surface area (Å²) in [7, 11) is 0. The molecule has 0 amide bonds. The lowest BCUT2D eigenvalue weighted by atomic mass is 9.93. The fourth-order valence-electron chi connectivity index (χ4n) is 2.36. The Morgan fingerprint density at radius 3 is 1.85 bits per heavy atom. The van der Waals surface area contributed by atoms with E-state index >= 15 is 0 Å². The van der Waals surface area contributed by atoms with E-state index in [1.165, 1.54) is 12.1 Å². The second-order valence-electron chi connectivity index (χ2n) is 4.58. The van der Waals surface area contributed by atoms with Crippen molar-refractivity contribution in [2.24, 2.45) is 5.92 Å². The monoisotopic (exact) mass is 284 g/mol. The highest BCUT2D eigenvalue weighted by molar-refractivity contribution is 6.38. The largest absolute Gasteiger partial charge is 0.293 e. The summed E-state index contributed by atoms with van der Waals surface area (Å²) in [5.41, 5.74) is 0.962. The first-order chi connectivity index (χ1) is 9.59. The van der Waals surface area contributed by atoms with Crippen LogP contribution >= 0.6 is 11.6 Å². The van der Waals surface area contributed by atoms with Gasteiger partial charge in [-0.25, -0.2) is 0 Å². The minimum atomic E-state index is -1.26. The molecule has 0 spiro atoms. The molecule has 3 rings (SSSR count). The standard InChI is InChI=1S/C16H9ClO3/c17-10-7-5-9(6-8-10)14(18)13-15(19)11-3-1-2-4-12(11)16(13)20/h1-8,13H. The van der Waals surface area contributed by atoms with Gasteiger partial charge >= 0.3 is 0 Å². The van der Waals surface area contributed by atoms with Crippen LogP contribution in [0.2, 0.25) is 5.02 Å². The van der Waals surface area contributed by atoms with Gasteiger partial charge in [0, 0.05) is 21.7 Å². The van der Waals surface area contributed by atoms with E-state index in [0.29, 0.717) is 21.7 Å². The third kappa shape index (κ3) is 1.87. The fraction of sp³-hybridized carbons (Fsp3) is 0.0625. The molecule has 98 valence electrons. The molecule has 2 aromatic carbocycles. The van der Waals surface area contributed by atoms with Gasteiger partial charge in [0.15, 0.2) is 17.3 Å². The van der Waals surface area contributed by atoms with E-state index < -0.39 is 23.3 Å². The van der Waals surface area contributed by atoms with Crippen molar-refractivity contribution in [3.63, 3.8) is 0 Å². The van der Waals surface area contributed by atoms with E-state index in [2.05, 4.69) is 0 Å². The number of hydrogen-bond donors (Lipinski definition) is 0. The van der Waals surface area contributed by atoms with Crippen LogP contribution in [0, 0.1) is 5.92 Å². The van der Waals surface area contributed by atoms with Crippen LogP contribution < -0.4 is 0 Å². The molecule has 0 atom stereocenters. The lowest BCUT2D eigenvalue weighted by Gasteiger charge is -2.06. The molecule has 0 heterocycles. The Bertz CT molecular complexity index is 697. The highest BCUT2D eigenvalue weighted by Crippen LogP contribution is 2.29. The Morgan fingerprint density at radius 1 is 0.850 bits per heavy atom. The normalized spacial score (nSPS) is 14.4. The van der Waals surface area contributed by atoms with Gasteiger partial charge in [0.2, 0.25) is 0 Å². The van der Waals surface area contributed by atoms with E-state index in [9.17, 15) is 14.4 Å². The van der Waals surface area contributed by atoms with Crippen LogP contribution in [0.15, 0.2) is 48.5 Å². The molecule has 0 fully saturated rings. The van der Waals surface area contributed by atoms with Gasteiger partial charge in [0.05, 0.1) is 0 Å². The topological polar surface area (TPSA) is 51.2 Å². The number of ketones is 3. The van der Waals surface area contributed by atoms with Crippen LogP contribution in [0.3, 0.4) is 0 Å². The average molecular weight is 285 g/mol. The van der Waals surface area contributed by atoms with Gasteiger partial charge in [-0.2, -0.15) is 0 Å². The zero-order valence-electron chi connectivity index (χ0n) is 10.3. The van der Waals surface area contributed by atoms with Gasteiger partial charge in [-0.15, -0.1) is 0 Å². The van der Waals surface area contributed by atoms with Crippen molar-refractivity contribution in [3.05, 3.63) is 70.2 Å². The molecule has 0 N–H and O–H groups in total. The lowest BCUT2D eigenvalue weighted by Crippen LogP contribution is -2.25. The summed E-state index contributed by atoms with van der Waals surface area (Å²) in [6.07, 6.45) is 0. The van der Waals surface area contributed by atoms with Gasteiger partial charge in [0.25, 0.3) is 0 Å². The summed E-state index contributed by atoms with van der Waals surface area (Å²) in [5.74, 6) is -2.59. The molecule has 0 saturated carbocycles. The Balaban J connectivity index is 2.00. The zero-order valence-corrected chi connectivity index (χ0v) is 11.1. The van der Waals surface area contributed by atoms with Crippen LogP contribution in [0.1, 0.15) is 31.1 Å². The average Bonchev–Trinajstić information content (AvgIpc) is 2.72. The fourth-order valence-corrected chi connectivity index (χ4v) is 2.49. The maximum Gasteiger partial charge on any atom is 0.182 e. The van der Waals surface area contributed by atoms with Gasteiger partial charge in [-0.1, -0.05) is 35.9 Å². The van der Waals surface area contributed by atoms with Crippen molar-refractivity contribution >= 4 is 29.0 Å². The number of carbonyl (C=O) groups excluding carboxylic acids is 3. The SMILES string of the molecule is O=C(c1ccc(Cl)cc1)C1C(=O)c2ccccc2C1=O. The number of carbonyl (C=O) groups is 3. The summed E-state index contributed by atoms with van der Waals surface area (Å²) in [6, 6.07) is 12.7. The maximum absolute atomic E-state index is 12.4. The number of fused-ring (bicyclic) bond motifs is 1. The summed E-state index contributed by atoms with van der Waals surface area (Å²) in [5, 5.41) is 0.494. The van der Waals surface area contributed by atoms with Gasteiger partial charge in [0.1, 0.15) is 5.92 Å². The lowest BCUT2D eigenvalue weighted by molar-refractivity contribution is 0.0756. The molecule has 2 aromatic rings. The predicted octanol–water partition coefficient (Wildman–Crippen LogP) is 3.22. The van der Waals surface area contributed by atoms with Crippen molar-refractivity contribution in [2.75, 3.05) is 0 Å². The molecule has 0 saturated heterocycles. The van der Waals surface area contributed by atoms with Gasteiger partial charge < -0.3 is 0 Å². The summed E-state index contributed by atoms with van der Waals surface area (Å²) < 4.78 is 0. The highest BCUT2D eigenvalue weighted by Gasteiger charge is 2.43.